The molecule has 1 aromatic heterocycles. The van der Waals surface area contributed by atoms with Crippen LogP contribution in [-0.4, -0.2) is 55.9 Å². The molecule has 0 radical (unpaired) electrons. The first-order chi connectivity index (χ1) is 16.2. The monoisotopic (exact) mass is 531 g/mol. The summed E-state index contributed by atoms with van der Waals surface area (Å²) in [6, 6.07) is 17.8. The quantitative estimate of drug-likeness (QED) is 0.193. The number of thiocarbonyl (C=S) groups is 1. The number of para-hydroxylation sites is 1. The first kappa shape index (κ1) is 24.7. The van der Waals surface area contributed by atoms with Crippen molar-refractivity contribution in [3.05, 3.63) is 71.3 Å². The molecule has 0 bridgehead atoms. The van der Waals surface area contributed by atoms with Gasteiger partial charge in [0.05, 0.1) is 22.0 Å². The van der Waals surface area contributed by atoms with Gasteiger partial charge in [-0.15, -0.1) is 11.8 Å². The fourth-order valence-corrected chi connectivity index (χ4v) is 5.72. The largest absolute Gasteiger partial charge is 0.292 e. The van der Waals surface area contributed by atoms with E-state index in [-0.39, 0.29) is 10.9 Å². The van der Waals surface area contributed by atoms with E-state index in [9.17, 15) is 13.2 Å². The van der Waals surface area contributed by atoms with Crippen LogP contribution in [0.15, 0.2) is 70.6 Å². The summed E-state index contributed by atoms with van der Waals surface area (Å²) >= 11 is 8.12. The van der Waals surface area contributed by atoms with E-state index in [4.69, 9.17) is 21.9 Å². The van der Waals surface area contributed by atoms with Gasteiger partial charge in [-0.1, -0.05) is 61.2 Å². The molecule has 0 aliphatic carbocycles. The Hall–Kier alpha value is -2.44. The first-order valence-corrected chi connectivity index (χ1v) is 14.2. The topological polar surface area (TPSA) is 92.5 Å². The molecule has 0 spiro atoms. The van der Waals surface area contributed by atoms with Crippen molar-refractivity contribution in [2.45, 2.75) is 11.8 Å². The summed E-state index contributed by atoms with van der Waals surface area (Å²) in [5.74, 6) is 0.00495. The predicted molar refractivity (Wildman–Crippen MR) is 142 cm³/mol. The van der Waals surface area contributed by atoms with Gasteiger partial charge in [-0.2, -0.15) is 13.5 Å². The van der Waals surface area contributed by atoms with Crippen LogP contribution in [0.25, 0.3) is 23.0 Å². The lowest BCUT2D eigenvalue weighted by Crippen LogP contribution is -2.32. The minimum Gasteiger partial charge on any atom is -0.292 e. The fourth-order valence-electron chi connectivity index (χ4n) is 3.35. The molecule has 1 amide bonds. The van der Waals surface area contributed by atoms with Gasteiger partial charge in [-0.3, -0.25) is 14.2 Å². The summed E-state index contributed by atoms with van der Waals surface area (Å²) in [7, 11) is -4.21. The smallest absolute Gasteiger partial charge is 0.266 e. The molecule has 2 aromatic carbocycles. The predicted octanol–water partition coefficient (Wildman–Crippen LogP) is 4.74. The average molecular weight is 532 g/mol. The zero-order valence-electron chi connectivity index (χ0n) is 18.1. The Morgan fingerprint density at radius 2 is 1.85 bits per heavy atom. The third kappa shape index (κ3) is 5.78. The van der Waals surface area contributed by atoms with Gasteiger partial charge in [-0.05, 0) is 36.1 Å². The number of amides is 1. The second kappa shape index (κ2) is 10.4. The van der Waals surface area contributed by atoms with Crippen LogP contribution >= 0.6 is 35.7 Å². The summed E-state index contributed by atoms with van der Waals surface area (Å²) < 4.78 is 33.3. The van der Waals surface area contributed by atoms with E-state index in [1.807, 2.05) is 60.8 Å². The Balaban J connectivity index is 1.71. The summed E-state index contributed by atoms with van der Waals surface area (Å²) in [5.41, 5.74) is 3.22. The molecule has 34 heavy (non-hydrogen) atoms. The number of hydrogen-bond donors (Lipinski definition) is 1. The van der Waals surface area contributed by atoms with Gasteiger partial charge in [0.25, 0.3) is 16.0 Å². The van der Waals surface area contributed by atoms with Crippen molar-refractivity contribution >= 4 is 62.2 Å². The molecule has 1 fully saturated rings. The summed E-state index contributed by atoms with van der Waals surface area (Å²) in [6.45, 7) is 1.90. The third-order valence-corrected chi connectivity index (χ3v) is 7.91. The fraction of sp³-hybridized carbons (Fsp3) is 0.174. The maximum Gasteiger partial charge on any atom is 0.266 e. The minimum atomic E-state index is -4.21. The maximum atomic E-state index is 12.9. The van der Waals surface area contributed by atoms with E-state index < -0.39 is 21.8 Å². The highest BCUT2D eigenvalue weighted by molar-refractivity contribution is 8.26. The summed E-state index contributed by atoms with van der Waals surface area (Å²) in [4.78, 5) is 15.6. The van der Waals surface area contributed by atoms with Gasteiger partial charge >= 0.3 is 0 Å². The highest BCUT2D eigenvalue weighted by atomic mass is 32.2. The second-order valence-electron chi connectivity index (χ2n) is 7.29. The number of benzene rings is 2. The van der Waals surface area contributed by atoms with Crippen LogP contribution in [0.4, 0.5) is 0 Å². The maximum absolute atomic E-state index is 12.9. The number of carbonyl (C=O) groups excluding carboxylic acids is 1. The zero-order chi connectivity index (χ0) is 24.3. The number of aromatic nitrogens is 2. The normalized spacial score (nSPS) is 15.5. The van der Waals surface area contributed by atoms with E-state index in [2.05, 4.69) is 6.92 Å². The Labute approximate surface area is 212 Å². The molecular formula is C23H21N3O4S4. The molecule has 7 nitrogen and oxygen atoms in total. The molecule has 3 aromatic rings. The lowest BCUT2D eigenvalue weighted by Gasteiger charge is -2.12. The van der Waals surface area contributed by atoms with Crippen LogP contribution in [0.1, 0.15) is 12.5 Å². The van der Waals surface area contributed by atoms with Gasteiger partial charge in [0.2, 0.25) is 0 Å². The van der Waals surface area contributed by atoms with Crippen LogP contribution < -0.4 is 0 Å². The number of rotatable bonds is 8. The van der Waals surface area contributed by atoms with Gasteiger partial charge in [-0.25, -0.2) is 4.68 Å². The summed E-state index contributed by atoms with van der Waals surface area (Å²) in [6.07, 6.45) is 3.58. The van der Waals surface area contributed by atoms with E-state index in [1.54, 1.807) is 22.5 Å². The van der Waals surface area contributed by atoms with Gasteiger partial charge in [0.1, 0.15) is 4.32 Å². The molecule has 1 N–H and O–H groups in total. The average Bonchev–Trinajstić information content (AvgIpc) is 3.34. The molecule has 1 saturated heterocycles. The van der Waals surface area contributed by atoms with Crippen LogP contribution in [-0.2, 0) is 14.9 Å². The Kier molecular flexibility index (Phi) is 7.58. The number of carbonyl (C=O) groups is 1. The zero-order valence-corrected chi connectivity index (χ0v) is 21.4. The van der Waals surface area contributed by atoms with Crippen molar-refractivity contribution in [3.8, 4) is 16.9 Å². The minimum absolute atomic E-state index is 0.201. The molecule has 1 aliphatic heterocycles. The second-order valence-corrected chi connectivity index (χ2v) is 11.9. The summed E-state index contributed by atoms with van der Waals surface area (Å²) in [5, 5.41) is 4.79. The van der Waals surface area contributed by atoms with Crippen LogP contribution in [0, 0.1) is 0 Å². The molecular weight excluding hydrogens is 511 g/mol. The van der Waals surface area contributed by atoms with Crippen molar-refractivity contribution in [1.82, 2.24) is 14.7 Å². The van der Waals surface area contributed by atoms with E-state index in [0.717, 1.165) is 39.2 Å². The van der Waals surface area contributed by atoms with Crippen molar-refractivity contribution in [1.29, 1.82) is 0 Å². The molecule has 0 saturated carbocycles. The number of nitrogens with zero attached hydrogens (tertiary/aromatic N) is 3. The van der Waals surface area contributed by atoms with Crippen molar-refractivity contribution in [2.75, 3.05) is 18.1 Å². The SMILES string of the molecule is CCSc1ccc(-c2nn(-c3ccccc3)cc2/C=C2\SC(=S)N(CCS(=O)(=O)O)C2=O)cc1. The van der Waals surface area contributed by atoms with E-state index >= 15 is 0 Å². The van der Waals surface area contributed by atoms with Crippen molar-refractivity contribution in [3.63, 3.8) is 0 Å². The van der Waals surface area contributed by atoms with Crippen LogP contribution in [0.3, 0.4) is 0 Å². The first-order valence-electron chi connectivity index (χ1n) is 10.3. The molecule has 11 heteroatoms. The van der Waals surface area contributed by atoms with Gasteiger partial charge in [0.15, 0.2) is 0 Å². The molecule has 4 rings (SSSR count). The molecule has 2 heterocycles. The third-order valence-electron chi connectivity index (χ3n) is 4.94. The van der Waals surface area contributed by atoms with Crippen LogP contribution in [0.2, 0.25) is 0 Å². The Morgan fingerprint density at radius 3 is 2.50 bits per heavy atom. The van der Waals surface area contributed by atoms with Crippen molar-refractivity contribution in [2.24, 2.45) is 0 Å². The standard InChI is InChI=1S/C23H21N3O4S4/c1-2-32-19-10-8-16(9-11-19)21-17(15-26(24-21)18-6-4-3-5-7-18)14-20-22(27)25(23(31)33-20)12-13-34(28,29)30/h3-11,14-15H,2,12-13H2,1H3,(H,28,29,30)/b20-14-. The highest BCUT2D eigenvalue weighted by Gasteiger charge is 2.33. The molecule has 0 atom stereocenters. The van der Waals surface area contributed by atoms with Gasteiger partial charge < -0.3 is 0 Å². The van der Waals surface area contributed by atoms with E-state index in [1.165, 1.54) is 4.90 Å². The lowest BCUT2D eigenvalue weighted by molar-refractivity contribution is -0.121. The molecule has 1 aliphatic rings. The lowest BCUT2D eigenvalue weighted by atomic mass is 10.1. The Bertz CT molecular complexity index is 1350. The number of thioether (sulfide) groups is 2. The highest BCUT2D eigenvalue weighted by Crippen LogP contribution is 2.35. The van der Waals surface area contributed by atoms with Crippen molar-refractivity contribution < 1.29 is 17.8 Å². The number of hydrogen-bond acceptors (Lipinski definition) is 7. The Morgan fingerprint density at radius 1 is 1.15 bits per heavy atom. The molecule has 176 valence electrons. The molecule has 0 unspecified atom stereocenters. The van der Waals surface area contributed by atoms with E-state index in [0.29, 0.717) is 10.6 Å². The van der Waals surface area contributed by atoms with Crippen LogP contribution in [0.5, 0.6) is 0 Å². The van der Waals surface area contributed by atoms with Gasteiger partial charge in [0, 0.05) is 28.8 Å².